The summed E-state index contributed by atoms with van der Waals surface area (Å²) in [6.45, 7) is 0.756. The summed E-state index contributed by atoms with van der Waals surface area (Å²) in [5.74, 6) is -0.791. The zero-order chi connectivity index (χ0) is 21.0. The number of amides is 2. The highest BCUT2D eigenvalue weighted by molar-refractivity contribution is 5.95. The molecular formula is C19H18N4O6. The van der Waals surface area contributed by atoms with Gasteiger partial charge in [-0.1, -0.05) is 6.07 Å². The van der Waals surface area contributed by atoms with Crippen molar-refractivity contribution in [2.24, 2.45) is 5.92 Å². The predicted molar refractivity (Wildman–Crippen MR) is 103 cm³/mol. The molecular weight excluding hydrogens is 380 g/mol. The van der Waals surface area contributed by atoms with Gasteiger partial charge < -0.3 is 10.2 Å². The van der Waals surface area contributed by atoms with Gasteiger partial charge in [0, 0.05) is 54.5 Å². The predicted octanol–water partition coefficient (Wildman–Crippen LogP) is 2.99. The minimum Gasteiger partial charge on any atom is -0.339 e. The van der Waals surface area contributed by atoms with Gasteiger partial charge in [0.2, 0.25) is 5.91 Å². The number of likely N-dealkylation sites (tertiary alicyclic amines) is 1. The second-order valence-electron chi connectivity index (χ2n) is 6.67. The molecule has 0 atom stereocenters. The molecule has 0 aromatic heterocycles. The first-order valence-corrected chi connectivity index (χ1v) is 8.94. The molecule has 2 amide bonds. The number of carbonyl (C=O) groups is 2. The Balaban J connectivity index is 1.56. The van der Waals surface area contributed by atoms with E-state index < -0.39 is 9.85 Å². The number of carbonyl (C=O) groups excluding carboxylic acids is 2. The van der Waals surface area contributed by atoms with Crippen molar-refractivity contribution in [1.29, 1.82) is 0 Å². The van der Waals surface area contributed by atoms with E-state index in [-0.39, 0.29) is 29.1 Å². The third kappa shape index (κ3) is 4.72. The molecule has 29 heavy (non-hydrogen) atoms. The van der Waals surface area contributed by atoms with Gasteiger partial charge in [-0.2, -0.15) is 0 Å². The normalized spacial score (nSPS) is 14.3. The van der Waals surface area contributed by atoms with Gasteiger partial charge in [0.25, 0.3) is 17.3 Å². The Morgan fingerprint density at radius 3 is 2.14 bits per heavy atom. The smallest absolute Gasteiger partial charge is 0.271 e. The molecule has 1 N–H and O–H groups in total. The second-order valence-corrected chi connectivity index (χ2v) is 6.67. The molecule has 1 aliphatic heterocycles. The Morgan fingerprint density at radius 2 is 1.55 bits per heavy atom. The number of nitrogens with zero attached hydrogens (tertiary/aromatic N) is 3. The standard InChI is InChI=1S/C19H18N4O6/c24-18(20-15-2-1-3-17(12-15)23(28)29)13-8-10-21(11-9-13)19(25)14-4-6-16(7-5-14)22(26)27/h1-7,12-13H,8-11H2,(H,20,24). The fourth-order valence-electron chi connectivity index (χ4n) is 3.19. The molecule has 0 unspecified atom stereocenters. The minimum absolute atomic E-state index is 0.0851. The van der Waals surface area contributed by atoms with Crippen molar-refractivity contribution in [1.82, 2.24) is 4.90 Å². The third-order valence-electron chi connectivity index (χ3n) is 4.80. The van der Waals surface area contributed by atoms with E-state index in [1.54, 1.807) is 11.0 Å². The molecule has 2 aromatic carbocycles. The Kier molecular flexibility index (Phi) is 5.82. The molecule has 150 valence electrons. The van der Waals surface area contributed by atoms with E-state index in [4.69, 9.17) is 0 Å². The van der Waals surface area contributed by atoms with Crippen molar-refractivity contribution in [2.45, 2.75) is 12.8 Å². The number of hydrogen-bond acceptors (Lipinski definition) is 6. The number of nitrogens with one attached hydrogen (secondary N) is 1. The Morgan fingerprint density at radius 1 is 0.931 bits per heavy atom. The van der Waals surface area contributed by atoms with Crippen LogP contribution in [0, 0.1) is 26.1 Å². The summed E-state index contributed by atoms with van der Waals surface area (Å²) in [4.78, 5) is 47.1. The van der Waals surface area contributed by atoms with Crippen molar-refractivity contribution < 1.29 is 19.4 Å². The highest BCUT2D eigenvalue weighted by Crippen LogP contribution is 2.23. The lowest BCUT2D eigenvalue weighted by molar-refractivity contribution is -0.385. The summed E-state index contributed by atoms with van der Waals surface area (Å²) in [5.41, 5.74) is 0.521. The maximum atomic E-state index is 12.5. The second kappa shape index (κ2) is 8.46. The van der Waals surface area contributed by atoms with Crippen LogP contribution in [0.25, 0.3) is 0 Å². The fraction of sp³-hybridized carbons (Fsp3) is 0.263. The quantitative estimate of drug-likeness (QED) is 0.607. The molecule has 1 aliphatic rings. The van der Waals surface area contributed by atoms with Crippen LogP contribution < -0.4 is 5.32 Å². The molecule has 0 spiro atoms. The summed E-state index contributed by atoms with van der Waals surface area (Å²) in [7, 11) is 0. The Bertz CT molecular complexity index is 951. The van der Waals surface area contributed by atoms with Crippen LogP contribution in [0.5, 0.6) is 0 Å². The van der Waals surface area contributed by atoms with Gasteiger partial charge >= 0.3 is 0 Å². The number of piperidine rings is 1. The number of non-ortho nitro benzene ring substituents is 2. The first-order valence-electron chi connectivity index (χ1n) is 8.94. The molecule has 0 radical (unpaired) electrons. The van der Waals surface area contributed by atoms with E-state index >= 15 is 0 Å². The van der Waals surface area contributed by atoms with E-state index in [1.165, 1.54) is 42.5 Å². The number of rotatable bonds is 5. The van der Waals surface area contributed by atoms with Crippen LogP contribution in [-0.4, -0.2) is 39.7 Å². The molecule has 10 heteroatoms. The topological polar surface area (TPSA) is 136 Å². The van der Waals surface area contributed by atoms with E-state index in [9.17, 15) is 29.8 Å². The summed E-state index contributed by atoms with van der Waals surface area (Å²) in [6, 6.07) is 11.1. The van der Waals surface area contributed by atoms with E-state index in [1.807, 2.05) is 0 Å². The van der Waals surface area contributed by atoms with Gasteiger partial charge in [-0.25, -0.2) is 0 Å². The lowest BCUT2D eigenvalue weighted by Gasteiger charge is -2.31. The van der Waals surface area contributed by atoms with Gasteiger partial charge in [0.05, 0.1) is 9.85 Å². The van der Waals surface area contributed by atoms with E-state index in [0.29, 0.717) is 37.2 Å². The van der Waals surface area contributed by atoms with Gasteiger partial charge in [0.1, 0.15) is 0 Å². The number of benzene rings is 2. The molecule has 0 saturated carbocycles. The van der Waals surface area contributed by atoms with Crippen LogP contribution in [0.1, 0.15) is 23.2 Å². The lowest BCUT2D eigenvalue weighted by atomic mass is 9.95. The molecule has 0 bridgehead atoms. The monoisotopic (exact) mass is 398 g/mol. The van der Waals surface area contributed by atoms with Crippen molar-refractivity contribution in [3.63, 3.8) is 0 Å². The molecule has 0 aliphatic carbocycles. The SMILES string of the molecule is O=C(Nc1cccc([N+](=O)[O-])c1)C1CCN(C(=O)c2ccc([N+](=O)[O-])cc2)CC1. The summed E-state index contributed by atoms with van der Waals surface area (Å²) < 4.78 is 0. The van der Waals surface area contributed by atoms with Crippen LogP contribution in [-0.2, 0) is 4.79 Å². The number of nitro benzene ring substituents is 2. The van der Waals surface area contributed by atoms with Gasteiger partial charge in [-0.15, -0.1) is 0 Å². The van der Waals surface area contributed by atoms with Crippen molar-refractivity contribution in [3.05, 3.63) is 74.3 Å². The molecule has 10 nitrogen and oxygen atoms in total. The number of anilines is 1. The number of hydrogen-bond donors (Lipinski definition) is 1. The first kappa shape index (κ1) is 19.9. The maximum absolute atomic E-state index is 12.5. The molecule has 1 saturated heterocycles. The Labute approximate surface area is 165 Å². The van der Waals surface area contributed by atoms with E-state index in [2.05, 4.69) is 5.32 Å². The summed E-state index contributed by atoms with van der Waals surface area (Å²) in [5, 5.41) is 24.2. The number of nitro groups is 2. The molecule has 1 heterocycles. The van der Waals surface area contributed by atoms with Crippen molar-refractivity contribution >= 4 is 28.9 Å². The van der Waals surface area contributed by atoms with Crippen LogP contribution in [0.3, 0.4) is 0 Å². The molecule has 1 fully saturated rings. The highest BCUT2D eigenvalue weighted by Gasteiger charge is 2.28. The molecule has 2 aromatic rings. The average Bonchev–Trinajstić information content (AvgIpc) is 2.73. The third-order valence-corrected chi connectivity index (χ3v) is 4.80. The Hall–Kier alpha value is -3.82. The van der Waals surface area contributed by atoms with Gasteiger partial charge in [-0.3, -0.25) is 29.8 Å². The highest BCUT2D eigenvalue weighted by atomic mass is 16.6. The zero-order valence-electron chi connectivity index (χ0n) is 15.3. The minimum atomic E-state index is -0.530. The largest absolute Gasteiger partial charge is 0.339 e. The molecule has 3 rings (SSSR count). The zero-order valence-corrected chi connectivity index (χ0v) is 15.3. The summed E-state index contributed by atoms with van der Waals surface area (Å²) >= 11 is 0. The maximum Gasteiger partial charge on any atom is 0.271 e. The average molecular weight is 398 g/mol. The van der Waals surface area contributed by atoms with Gasteiger partial charge in [-0.05, 0) is 31.0 Å². The van der Waals surface area contributed by atoms with Crippen molar-refractivity contribution in [2.75, 3.05) is 18.4 Å². The van der Waals surface area contributed by atoms with Crippen LogP contribution in [0.4, 0.5) is 17.1 Å². The fourth-order valence-corrected chi connectivity index (χ4v) is 3.19. The van der Waals surface area contributed by atoms with E-state index in [0.717, 1.165) is 0 Å². The van der Waals surface area contributed by atoms with Crippen molar-refractivity contribution in [3.8, 4) is 0 Å². The van der Waals surface area contributed by atoms with Crippen LogP contribution >= 0.6 is 0 Å². The van der Waals surface area contributed by atoms with Gasteiger partial charge in [0.15, 0.2) is 0 Å². The summed E-state index contributed by atoms with van der Waals surface area (Å²) in [6.07, 6.45) is 0.916. The van der Waals surface area contributed by atoms with Crippen LogP contribution in [0.15, 0.2) is 48.5 Å². The lowest BCUT2D eigenvalue weighted by Crippen LogP contribution is -2.41. The van der Waals surface area contributed by atoms with Crippen LogP contribution in [0.2, 0.25) is 0 Å². The first-order chi connectivity index (χ1) is 13.8.